The van der Waals surface area contributed by atoms with E-state index >= 15 is 0 Å². The molecule has 3 aromatic rings. The summed E-state index contributed by atoms with van der Waals surface area (Å²) in [7, 11) is 1.67. The van der Waals surface area contributed by atoms with E-state index in [0.29, 0.717) is 48.6 Å². The lowest BCUT2D eigenvalue weighted by atomic mass is 10.2. The fourth-order valence-corrected chi connectivity index (χ4v) is 3.14. The van der Waals surface area contributed by atoms with Crippen LogP contribution >= 0.6 is 11.6 Å². The molecule has 1 aliphatic rings. The van der Waals surface area contributed by atoms with Crippen molar-refractivity contribution in [3.8, 4) is 11.5 Å². The summed E-state index contributed by atoms with van der Waals surface area (Å²) in [4.78, 5) is 7.71. The second-order valence-corrected chi connectivity index (χ2v) is 6.20. The molecule has 3 N–H and O–H groups in total. The number of anilines is 3. The molecule has 2 aromatic heterocycles. The lowest BCUT2D eigenvalue weighted by Crippen LogP contribution is -2.16. The molecule has 0 radical (unpaired) electrons. The molecule has 0 saturated carbocycles. The van der Waals surface area contributed by atoms with Crippen LogP contribution in [-0.2, 0) is 4.74 Å². The highest BCUT2D eigenvalue weighted by Gasteiger charge is 2.17. The van der Waals surface area contributed by atoms with E-state index in [1.165, 1.54) is 0 Å². The van der Waals surface area contributed by atoms with Gasteiger partial charge in [0.25, 0.3) is 0 Å². The summed E-state index contributed by atoms with van der Waals surface area (Å²) in [5, 5.41) is 8.12. The Morgan fingerprint density at radius 2 is 2.15 bits per heavy atom. The molecule has 7 nitrogen and oxygen atoms in total. The van der Waals surface area contributed by atoms with Gasteiger partial charge in [0.05, 0.1) is 28.4 Å². The van der Waals surface area contributed by atoms with E-state index in [2.05, 4.69) is 20.6 Å². The lowest BCUT2D eigenvalue weighted by molar-refractivity contribution is 0.172. The summed E-state index contributed by atoms with van der Waals surface area (Å²) in [5.74, 6) is 2.08. The molecule has 3 heterocycles. The van der Waals surface area contributed by atoms with Gasteiger partial charge in [0.15, 0.2) is 11.5 Å². The predicted molar refractivity (Wildman–Crippen MR) is 102 cm³/mol. The average Bonchev–Trinajstić information content (AvgIpc) is 3.03. The van der Waals surface area contributed by atoms with Crippen LogP contribution in [0.2, 0.25) is 5.02 Å². The van der Waals surface area contributed by atoms with Crippen LogP contribution < -0.4 is 20.1 Å². The zero-order valence-corrected chi connectivity index (χ0v) is 15.0. The number of pyridine rings is 1. The maximum absolute atomic E-state index is 6.30. The Kier molecular flexibility index (Phi) is 4.73. The highest BCUT2D eigenvalue weighted by Crippen LogP contribution is 2.39. The van der Waals surface area contributed by atoms with E-state index in [9.17, 15) is 0 Å². The second kappa shape index (κ2) is 7.31. The molecule has 0 bridgehead atoms. The first-order chi connectivity index (χ1) is 12.8. The molecule has 26 heavy (non-hydrogen) atoms. The van der Waals surface area contributed by atoms with Crippen molar-refractivity contribution in [1.82, 2.24) is 9.97 Å². The number of para-hydroxylation sites is 1. The molecule has 1 aromatic carbocycles. The van der Waals surface area contributed by atoms with Gasteiger partial charge >= 0.3 is 0 Å². The topological polar surface area (TPSA) is 80.4 Å². The number of nitrogens with one attached hydrogen (secondary N) is 3. The summed E-state index contributed by atoms with van der Waals surface area (Å²) >= 11 is 6.30. The number of rotatable bonds is 6. The molecular formula is C18H19ClN4O3. The third kappa shape index (κ3) is 3.23. The molecule has 136 valence electrons. The summed E-state index contributed by atoms with van der Waals surface area (Å²) in [5.41, 5.74) is 2.37. The van der Waals surface area contributed by atoms with E-state index in [0.717, 1.165) is 22.5 Å². The van der Waals surface area contributed by atoms with Gasteiger partial charge in [-0.05, 0) is 12.1 Å². The summed E-state index contributed by atoms with van der Waals surface area (Å²) < 4.78 is 16.5. The van der Waals surface area contributed by atoms with Crippen molar-refractivity contribution in [3.05, 3.63) is 35.5 Å². The van der Waals surface area contributed by atoms with E-state index in [1.807, 2.05) is 24.3 Å². The van der Waals surface area contributed by atoms with Gasteiger partial charge in [0.1, 0.15) is 24.7 Å². The van der Waals surface area contributed by atoms with Crippen molar-refractivity contribution in [3.63, 3.8) is 0 Å². The summed E-state index contributed by atoms with van der Waals surface area (Å²) in [6, 6.07) is 7.65. The van der Waals surface area contributed by atoms with E-state index in [4.69, 9.17) is 25.8 Å². The molecular weight excluding hydrogens is 356 g/mol. The minimum atomic E-state index is 0.522. The molecule has 0 unspecified atom stereocenters. The van der Waals surface area contributed by atoms with Crippen molar-refractivity contribution in [2.24, 2.45) is 0 Å². The van der Waals surface area contributed by atoms with Gasteiger partial charge in [0.2, 0.25) is 0 Å². The van der Waals surface area contributed by atoms with Crippen molar-refractivity contribution >= 4 is 39.8 Å². The second-order valence-electron chi connectivity index (χ2n) is 5.79. The Morgan fingerprint density at radius 3 is 3.04 bits per heavy atom. The van der Waals surface area contributed by atoms with Crippen LogP contribution in [-0.4, -0.2) is 43.4 Å². The number of H-pyrrole nitrogens is 1. The van der Waals surface area contributed by atoms with Gasteiger partial charge in [-0.3, -0.25) is 0 Å². The maximum atomic E-state index is 6.30. The first-order valence-corrected chi connectivity index (χ1v) is 8.70. The molecule has 0 amide bonds. The van der Waals surface area contributed by atoms with E-state index < -0.39 is 0 Å². The normalized spacial score (nSPS) is 13.0. The number of ether oxygens (including phenoxy) is 3. The number of hydrogen-bond donors (Lipinski definition) is 3. The van der Waals surface area contributed by atoms with Crippen LogP contribution in [0.15, 0.2) is 30.5 Å². The van der Waals surface area contributed by atoms with Crippen LogP contribution in [0.3, 0.4) is 0 Å². The Morgan fingerprint density at radius 1 is 1.27 bits per heavy atom. The first-order valence-electron chi connectivity index (χ1n) is 8.32. The van der Waals surface area contributed by atoms with Crippen LogP contribution in [0.25, 0.3) is 11.0 Å². The number of hydrogen-bond acceptors (Lipinski definition) is 6. The van der Waals surface area contributed by atoms with E-state index in [1.54, 1.807) is 13.3 Å². The maximum Gasteiger partial charge on any atom is 0.184 e. The van der Waals surface area contributed by atoms with Gasteiger partial charge in [-0.1, -0.05) is 17.7 Å². The van der Waals surface area contributed by atoms with Crippen molar-refractivity contribution < 1.29 is 14.2 Å². The molecule has 0 spiro atoms. The average molecular weight is 375 g/mol. The monoisotopic (exact) mass is 374 g/mol. The van der Waals surface area contributed by atoms with Crippen LogP contribution in [0, 0.1) is 0 Å². The zero-order chi connectivity index (χ0) is 17.9. The predicted octanol–water partition coefficient (Wildman–Crippen LogP) is 3.79. The molecule has 0 fully saturated rings. The number of halogens is 1. The number of aromatic amines is 1. The molecule has 0 aliphatic carbocycles. The highest BCUT2D eigenvalue weighted by molar-refractivity contribution is 6.36. The zero-order valence-electron chi connectivity index (χ0n) is 14.3. The van der Waals surface area contributed by atoms with Gasteiger partial charge in [-0.15, -0.1) is 0 Å². The summed E-state index contributed by atoms with van der Waals surface area (Å²) in [6.45, 7) is 2.32. The number of methoxy groups -OCH3 is 1. The third-order valence-corrected chi connectivity index (χ3v) is 4.34. The number of benzene rings is 1. The third-order valence-electron chi connectivity index (χ3n) is 4.04. The minimum absolute atomic E-state index is 0.522. The van der Waals surface area contributed by atoms with Gasteiger partial charge < -0.3 is 29.8 Å². The van der Waals surface area contributed by atoms with Crippen molar-refractivity contribution in [1.29, 1.82) is 0 Å². The fourth-order valence-electron chi connectivity index (χ4n) is 2.90. The Labute approximate surface area is 155 Å². The smallest absolute Gasteiger partial charge is 0.184 e. The summed E-state index contributed by atoms with van der Waals surface area (Å²) in [6.07, 6.45) is 1.73. The molecule has 1 aliphatic heterocycles. The molecule has 8 heteroatoms. The SMILES string of the molecule is COCCNc1cc(Nc2cccc3c2OCCO3)nc2[nH]cc(Cl)c12. The van der Waals surface area contributed by atoms with Crippen LogP contribution in [0.4, 0.5) is 17.2 Å². The molecule has 0 atom stereocenters. The Bertz CT molecular complexity index is 928. The highest BCUT2D eigenvalue weighted by atomic mass is 35.5. The van der Waals surface area contributed by atoms with Crippen molar-refractivity contribution in [2.45, 2.75) is 0 Å². The minimum Gasteiger partial charge on any atom is -0.486 e. The van der Waals surface area contributed by atoms with Gasteiger partial charge in [0, 0.05) is 25.9 Å². The van der Waals surface area contributed by atoms with Crippen molar-refractivity contribution in [2.75, 3.05) is 44.1 Å². The number of fused-ring (bicyclic) bond motifs is 2. The Hall–Kier alpha value is -2.64. The number of aromatic nitrogens is 2. The lowest BCUT2D eigenvalue weighted by Gasteiger charge is -2.21. The quantitative estimate of drug-likeness (QED) is 0.569. The van der Waals surface area contributed by atoms with E-state index in [-0.39, 0.29) is 0 Å². The van der Waals surface area contributed by atoms with Gasteiger partial charge in [-0.25, -0.2) is 4.98 Å². The molecule has 0 saturated heterocycles. The molecule has 4 rings (SSSR count). The fraction of sp³-hybridized carbons (Fsp3) is 0.278. The number of nitrogens with zero attached hydrogens (tertiary/aromatic N) is 1. The standard InChI is InChI=1S/C18H19ClN4O3/c1-24-6-5-20-13-9-15(23-18-16(13)11(19)10-21-18)22-12-3-2-4-14-17(12)26-8-7-25-14/h2-4,9-10H,5-8H2,1H3,(H3,20,21,22,23). The first kappa shape index (κ1) is 16.8. The van der Waals surface area contributed by atoms with Crippen LogP contribution in [0.5, 0.6) is 11.5 Å². The van der Waals surface area contributed by atoms with Crippen LogP contribution in [0.1, 0.15) is 0 Å². The van der Waals surface area contributed by atoms with Gasteiger partial charge in [-0.2, -0.15) is 0 Å². The largest absolute Gasteiger partial charge is 0.486 e. The Balaban J connectivity index is 1.69.